The average Bonchev–Trinajstić information content (AvgIpc) is 3.42. The molecule has 0 radical (unpaired) electrons. The molecule has 3 aromatic carbocycles. The minimum atomic E-state index is 0.468. The Morgan fingerprint density at radius 1 is 0.872 bits per heavy atom. The van der Waals surface area contributed by atoms with Gasteiger partial charge in [0.2, 0.25) is 5.96 Å². The number of piperidine rings is 1. The average molecular weight is 524 g/mol. The monoisotopic (exact) mass is 523 g/mol. The molecule has 3 aromatic rings. The maximum atomic E-state index is 6.13. The number of anilines is 2. The van der Waals surface area contributed by atoms with Crippen molar-refractivity contribution in [2.45, 2.75) is 32.8 Å². The molecule has 0 atom stereocenters. The van der Waals surface area contributed by atoms with Crippen molar-refractivity contribution in [2.75, 3.05) is 30.0 Å². The lowest BCUT2D eigenvalue weighted by Gasteiger charge is -2.36. The van der Waals surface area contributed by atoms with Gasteiger partial charge in [0.05, 0.1) is 12.3 Å². The number of ether oxygens (including phenoxy) is 2. The number of likely N-dealkylation sites (tertiary alicyclic amines) is 1. The minimum absolute atomic E-state index is 0.468. The van der Waals surface area contributed by atoms with Crippen molar-refractivity contribution in [3.8, 4) is 11.5 Å². The van der Waals surface area contributed by atoms with Gasteiger partial charge < -0.3 is 19.7 Å². The fourth-order valence-corrected chi connectivity index (χ4v) is 4.87. The molecule has 9 nitrogen and oxygen atoms in total. The van der Waals surface area contributed by atoms with Crippen molar-refractivity contribution in [3.63, 3.8) is 0 Å². The summed E-state index contributed by atoms with van der Waals surface area (Å²) in [4.78, 5) is 7.39. The van der Waals surface area contributed by atoms with Gasteiger partial charge in [-0.15, -0.1) is 0 Å². The molecule has 1 saturated heterocycles. The second-order valence-corrected chi connectivity index (χ2v) is 9.51. The lowest BCUT2D eigenvalue weighted by atomic mass is 10.1. The number of hydrazone groups is 1. The van der Waals surface area contributed by atoms with Crippen LogP contribution in [0.4, 0.5) is 11.4 Å². The van der Waals surface area contributed by atoms with E-state index in [1.165, 1.54) is 6.42 Å². The van der Waals surface area contributed by atoms with Crippen LogP contribution in [-0.2, 0) is 6.61 Å². The third-order valence-electron chi connectivity index (χ3n) is 6.76. The summed E-state index contributed by atoms with van der Waals surface area (Å²) in [7, 11) is 0. The Balaban J connectivity index is 1.32. The number of fused-ring (bicyclic) bond motifs is 1. The number of para-hydroxylation sites is 1. The van der Waals surface area contributed by atoms with Gasteiger partial charge in [-0.05, 0) is 56.0 Å². The SMILES string of the molecule is CCOc1cc(N2N=CN3NC(Nc4ccccc4)=NC(N4CCCCC4)=C32)ccc1OCc1ccccc1. The molecule has 0 unspecified atom stereocenters. The number of nitrogens with one attached hydrogen (secondary N) is 2. The summed E-state index contributed by atoms with van der Waals surface area (Å²) in [6.07, 6.45) is 5.30. The maximum absolute atomic E-state index is 6.13. The molecular weight excluding hydrogens is 490 g/mol. The van der Waals surface area contributed by atoms with Crippen molar-refractivity contribution in [3.05, 3.63) is 96.1 Å². The highest BCUT2D eigenvalue weighted by atomic mass is 16.5. The zero-order valence-corrected chi connectivity index (χ0v) is 22.1. The summed E-state index contributed by atoms with van der Waals surface area (Å²) in [5, 5.41) is 12.0. The zero-order chi connectivity index (χ0) is 26.4. The second kappa shape index (κ2) is 11.4. The summed E-state index contributed by atoms with van der Waals surface area (Å²) in [5.74, 6) is 3.77. The molecule has 0 amide bonds. The maximum Gasteiger partial charge on any atom is 0.222 e. The number of hydrazine groups is 1. The molecule has 9 heteroatoms. The molecule has 0 aliphatic carbocycles. The number of guanidine groups is 1. The Bertz CT molecular complexity index is 1370. The number of rotatable bonds is 8. The zero-order valence-electron chi connectivity index (χ0n) is 22.1. The van der Waals surface area contributed by atoms with Gasteiger partial charge >= 0.3 is 0 Å². The summed E-state index contributed by atoms with van der Waals surface area (Å²) in [5.41, 5.74) is 6.30. The van der Waals surface area contributed by atoms with E-state index in [0.29, 0.717) is 30.7 Å². The normalized spacial score (nSPS) is 16.5. The lowest BCUT2D eigenvalue weighted by molar-refractivity contribution is 0.266. The van der Waals surface area contributed by atoms with E-state index in [9.17, 15) is 0 Å². The topological polar surface area (TPSA) is 77.0 Å². The van der Waals surface area contributed by atoms with Crippen LogP contribution in [0.2, 0.25) is 0 Å². The molecule has 3 aliphatic rings. The van der Waals surface area contributed by atoms with Crippen molar-refractivity contribution in [1.29, 1.82) is 0 Å². The van der Waals surface area contributed by atoms with Gasteiger partial charge in [-0.3, -0.25) is 5.43 Å². The second-order valence-electron chi connectivity index (χ2n) is 9.51. The summed E-state index contributed by atoms with van der Waals surface area (Å²) < 4.78 is 12.1. The van der Waals surface area contributed by atoms with Crippen molar-refractivity contribution in [2.24, 2.45) is 10.1 Å². The largest absolute Gasteiger partial charge is 0.490 e. The van der Waals surface area contributed by atoms with Gasteiger partial charge in [0, 0.05) is 24.8 Å². The molecule has 0 bridgehead atoms. The highest BCUT2D eigenvalue weighted by molar-refractivity contribution is 5.96. The van der Waals surface area contributed by atoms with E-state index in [1.54, 1.807) is 6.34 Å². The van der Waals surface area contributed by atoms with Crippen LogP contribution in [0.5, 0.6) is 11.5 Å². The molecule has 3 heterocycles. The predicted molar refractivity (Wildman–Crippen MR) is 154 cm³/mol. The number of hydrogen-bond donors (Lipinski definition) is 2. The van der Waals surface area contributed by atoms with Gasteiger partial charge in [0.25, 0.3) is 0 Å². The van der Waals surface area contributed by atoms with Crippen LogP contribution in [0.25, 0.3) is 0 Å². The number of aliphatic imine (C=N–C) groups is 1. The Morgan fingerprint density at radius 2 is 1.64 bits per heavy atom. The molecule has 39 heavy (non-hydrogen) atoms. The molecule has 6 rings (SSSR count). The minimum Gasteiger partial charge on any atom is -0.490 e. The summed E-state index contributed by atoms with van der Waals surface area (Å²) in [6, 6.07) is 26.1. The molecular formula is C30H33N7O2. The fraction of sp³-hybridized carbons (Fsp3) is 0.267. The van der Waals surface area contributed by atoms with Crippen LogP contribution >= 0.6 is 0 Å². The van der Waals surface area contributed by atoms with Gasteiger partial charge in [-0.1, -0.05) is 48.5 Å². The van der Waals surface area contributed by atoms with E-state index < -0.39 is 0 Å². The molecule has 0 saturated carbocycles. The van der Waals surface area contributed by atoms with Gasteiger partial charge in [-0.25, -0.2) is 10.0 Å². The number of benzene rings is 3. The molecule has 200 valence electrons. The van der Waals surface area contributed by atoms with E-state index in [2.05, 4.69) is 15.6 Å². The predicted octanol–water partition coefficient (Wildman–Crippen LogP) is 5.33. The van der Waals surface area contributed by atoms with Crippen molar-refractivity contribution in [1.82, 2.24) is 15.3 Å². The highest BCUT2D eigenvalue weighted by Crippen LogP contribution is 2.37. The summed E-state index contributed by atoms with van der Waals surface area (Å²) >= 11 is 0. The Hall–Kier alpha value is -4.66. The van der Waals surface area contributed by atoms with E-state index in [-0.39, 0.29) is 0 Å². The highest BCUT2D eigenvalue weighted by Gasteiger charge is 2.34. The van der Waals surface area contributed by atoms with Gasteiger partial charge in [0.15, 0.2) is 23.1 Å². The summed E-state index contributed by atoms with van der Waals surface area (Å²) in [6.45, 7) is 4.89. The van der Waals surface area contributed by atoms with Crippen LogP contribution in [0.15, 0.2) is 101 Å². The van der Waals surface area contributed by atoms with Gasteiger partial charge in [0.1, 0.15) is 12.9 Å². The molecule has 0 aromatic heterocycles. The molecule has 1 fully saturated rings. The van der Waals surface area contributed by atoms with Crippen molar-refractivity contribution < 1.29 is 9.47 Å². The first-order valence-electron chi connectivity index (χ1n) is 13.5. The van der Waals surface area contributed by atoms with Crippen LogP contribution in [0.1, 0.15) is 31.7 Å². The van der Waals surface area contributed by atoms with E-state index in [0.717, 1.165) is 54.5 Å². The Labute approximate surface area is 229 Å². The van der Waals surface area contributed by atoms with E-state index in [4.69, 9.17) is 19.6 Å². The van der Waals surface area contributed by atoms with Crippen LogP contribution in [-0.4, -0.2) is 41.9 Å². The van der Waals surface area contributed by atoms with E-state index in [1.807, 2.05) is 95.8 Å². The first-order chi connectivity index (χ1) is 19.3. The molecule has 0 spiro atoms. The lowest BCUT2D eigenvalue weighted by Crippen LogP contribution is -2.49. The smallest absolute Gasteiger partial charge is 0.222 e. The van der Waals surface area contributed by atoms with Crippen LogP contribution < -0.4 is 25.2 Å². The molecule has 2 N–H and O–H groups in total. The van der Waals surface area contributed by atoms with E-state index >= 15 is 0 Å². The third kappa shape index (κ3) is 5.47. The number of nitrogens with zero attached hydrogens (tertiary/aromatic N) is 5. The Morgan fingerprint density at radius 3 is 2.41 bits per heavy atom. The standard InChI is InChI=1S/C30H33N7O2/c1-2-38-27-20-25(16-17-26(27)39-21-23-12-6-3-7-13-23)37-29-28(35-18-10-5-11-19-35)33-30(34-36(29)22-31-37)32-24-14-8-4-9-15-24/h3-4,6-9,12-17,20,22H,2,5,10-11,18-19,21H2,1H3,(H2,32,33,34). The fourth-order valence-electron chi connectivity index (χ4n) is 4.87. The quantitative estimate of drug-likeness (QED) is 0.413. The van der Waals surface area contributed by atoms with Crippen LogP contribution in [0.3, 0.4) is 0 Å². The van der Waals surface area contributed by atoms with Crippen LogP contribution in [0, 0.1) is 0 Å². The van der Waals surface area contributed by atoms with Gasteiger partial charge in [-0.2, -0.15) is 10.1 Å². The number of hydrogen-bond acceptors (Lipinski definition) is 9. The third-order valence-corrected chi connectivity index (χ3v) is 6.76. The Kier molecular flexibility index (Phi) is 7.20. The molecule has 3 aliphatic heterocycles. The van der Waals surface area contributed by atoms with Crippen molar-refractivity contribution >= 4 is 23.7 Å². The first-order valence-corrected chi connectivity index (χ1v) is 13.5. The first kappa shape index (κ1) is 24.7.